The van der Waals surface area contributed by atoms with Crippen molar-refractivity contribution in [3.8, 4) is 11.1 Å². The Kier molecular flexibility index (Phi) is 5.93. The molecule has 0 atom stereocenters. The largest absolute Gasteiger partial charge is 0.444 e. The zero-order valence-electron chi connectivity index (χ0n) is 17.3. The van der Waals surface area contributed by atoms with E-state index in [1.165, 1.54) is 6.07 Å². The number of rotatable bonds is 2. The maximum atomic E-state index is 13.4. The van der Waals surface area contributed by atoms with Gasteiger partial charge in [0.05, 0.1) is 10.6 Å². The number of amides is 1. The predicted molar refractivity (Wildman–Crippen MR) is 113 cm³/mol. The molecule has 2 aromatic carbocycles. The fourth-order valence-electron chi connectivity index (χ4n) is 3.62. The van der Waals surface area contributed by atoms with E-state index in [-0.39, 0.29) is 11.1 Å². The molecule has 1 saturated heterocycles. The van der Waals surface area contributed by atoms with Crippen molar-refractivity contribution in [2.75, 3.05) is 13.1 Å². The van der Waals surface area contributed by atoms with Crippen molar-refractivity contribution in [1.82, 2.24) is 4.90 Å². The number of hydrogen-bond donors (Lipinski definition) is 1. The summed E-state index contributed by atoms with van der Waals surface area (Å²) in [5, 5.41) is 11.3. The molecule has 1 N–H and O–H groups in total. The van der Waals surface area contributed by atoms with Crippen LogP contribution in [0.3, 0.4) is 0 Å². The zero-order chi connectivity index (χ0) is 21.4. The van der Waals surface area contributed by atoms with Crippen LogP contribution in [-0.4, -0.2) is 34.8 Å². The number of benzene rings is 2. The molecule has 1 aliphatic rings. The topological polar surface area (TPSA) is 49.8 Å². The van der Waals surface area contributed by atoms with Crippen LogP contribution in [0.5, 0.6) is 0 Å². The molecule has 156 valence electrons. The third kappa shape index (κ3) is 4.90. The molecule has 0 unspecified atom stereocenters. The van der Waals surface area contributed by atoms with Crippen LogP contribution in [0.1, 0.15) is 44.7 Å². The minimum Gasteiger partial charge on any atom is -0.444 e. The smallest absolute Gasteiger partial charge is 0.410 e. The van der Waals surface area contributed by atoms with Crippen LogP contribution in [0.15, 0.2) is 36.4 Å². The molecule has 1 fully saturated rings. The van der Waals surface area contributed by atoms with E-state index in [0.29, 0.717) is 25.9 Å². The molecule has 0 aliphatic carbocycles. The number of carbonyl (C=O) groups excluding carboxylic acids is 1. The molecule has 1 amide bonds. The number of ether oxygens (including phenoxy) is 1. The first-order chi connectivity index (χ1) is 13.5. The summed E-state index contributed by atoms with van der Waals surface area (Å²) >= 11 is 5.91. The van der Waals surface area contributed by atoms with Crippen LogP contribution in [0.4, 0.5) is 9.18 Å². The maximum absolute atomic E-state index is 13.4. The van der Waals surface area contributed by atoms with E-state index < -0.39 is 17.0 Å². The van der Waals surface area contributed by atoms with Gasteiger partial charge in [-0.1, -0.05) is 35.9 Å². The summed E-state index contributed by atoms with van der Waals surface area (Å²) in [4.78, 5) is 13.9. The van der Waals surface area contributed by atoms with Crippen molar-refractivity contribution in [3.05, 3.63) is 58.4 Å². The number of piperidine rings is 1. The molecule has 0 bridgehead atoms. The predicted octanol–water partition coefficient (Wildman–Crippen LogP) is 5.67. The molecule has 1 heterocycles. The highest BCUT2D eigenvalue weighted by Gasteiger charge is 2.36. The van der Waals surface area contributed by atoms with Gasteiger partial charge in [0.1, 0.15) is 11.4 Å². The SMILES string of the molecule is Cc1cc(C2(O)CCN(C(=O)OC(C)(C)C)CC2)ccc1-c1ccc(F)c(Cl)c1. The van der Waals surface area contributed by atoms with Gasteiger partial charge in [0.2, 0.25) is 0 Å². The standard InChI is InChI=1S/C23H27ClFNO3/c1-15-13-17(6-7-18(15)16-5-8-20(25)19(24)14-16)23(28)9-11-26(12-10-23)21(27)29-22(2,3)4/h5-8,13-14,28H,9-12H2,1-4H3. The second-order valence-corrected chi connectivity index (χ2v) is 9.06. The molecule has 6 heteroatoms. The lowest BCUT2D eigenvalue weighted by molar-refractivity contribution is -0.0356. The summed E-state index contributed by atoms with van der Waals surface area (Å²) in [6.07, 6.45) is 0.528. The first kappa shape index (κ1) is 21.6. The molecule has 0 spiro atoms. The van der Waals surface area contributed by atoms with Gasteiger partial charge < -0.3 is 14.7 Å². The van der Waals surface area contributed by atoms with Crippen molar-refractivity contribution in [1.29, 1.82) is 0 Å². The Bertz CT molecular complexity index is 915. The van der Waals surface area contributed by atoms with Gasteiger partial charge in [-0.25, -0.2) is 9.18 Å². The van der Waals surface area contributed by atoms with E-state index in [0.717, 1.165) is 22.3 Å². The van der Waals surface area contributed by atoms with Gasteiger partial charge in [0.25, 0.3) is 0 Å². The minimum absolute atomic E-state index is 0.0825. The summed E-state index contributed by atoms with van der Waals surface area (Å²) in [7, 11) is 0. The molecular formula is C23H27ClFNO3. The number of aliphatic hydroxyl groups is 1. The molecule has 0 aromatic heterocycles. The minimum atomic E-state index is -0.998. The van der Waals surface area contributed by atoms with Gasteiger partial charge in [0.15, 0.2) is 0 Å². The molecule has 3 rings (SSSR count). The molecular weight excluding hydrogens is 393 g/mol. The van der Waals surface area contributed by atoms with Gasteiger partial charge in [-0.3, -0.25) is 0 Å². The Hall–Kier alpha value is -2.11. The first-order valence-electron chi connectivity index (χ1n) is 9.75. The first-order valence-corrected chi connectivity index (χ1v) is 10.1. The van der Waals surface area contributed by atoms with E-state index in [4.69, 9.17) is 16.3 Å². The third-order valence-electron chi connectivity index (χ3n) is 5.24. The normalized spacial score (nSPS) is 16.6. The van der Waals surface area contributed by atoms with E-state index in [9.17, 15) is 14.3 Å². The third-order valence-corrected chi connectivity index (χ3v) is 5.53. The molecule has 0 radical (unpaired) electrons. The zero-order valence-corrected chi connectivity index (χ0v) is 18.0. The van der Waals surface area contributed by atoms with Gasteiger partial charge in [-0.2, -0.15) is 0 Å². The average molecular weight is 420 g/mol. The summed E-state index contributed by atoms with van der Waals surface area (Å²) in [5.41, 5.74) is 2.00. The van der Waals surface area contributed by atoms with Crippen molar-refractivity contribution in [3.63, 3.8) is 0 Å². The van der Waals surface area contributed by atoms with Crippen LogP contribution in [0, 0.1) is 12.7 Å². The van der Waals surface area contributed by atoms with Crippen molar-refractivity contribution in [2.24, 2.45) is 0 Å². The lowest BCUT2D eigenvalue weighted by Crippen LogP contribution is -2.46. The van der Waals surface area contributed by atoms with Gasteiger partial charge in [-0.15, -0.1) is 0 Å². The van der Waals surface area contributed by atoms with Crippen molar-refractivity contribution >= 4 is 17.7 Å². The van der Waals surface area contributed by atoms with Crippen LogP contribution in [-0.2, 0) is 10.3 Å². The van der Waals surface area contributed by atoms with Gasteiger partial charge >= 0.3 is 6.09 Å². The molecule has 0 saturated carbocycles. The number of halogens is 2. The Morgan fingerprint density at radius 2 is 1.83 bits per heavy atom. The van der Waals surface area contributed by atoms with Crippen LogP contribution in [0.2, 0.25) is 5.02 Å². The van der Waals surface area contributed by atoms with Crippen molar-refractivity contribution in [2.45, 2.75) is 51.7 Å². The Balaban J connectivity index is 1.75. The fraction of sp³-hybridized carbons (Fsp3) is 0.435. The number of aryl methyl sites for hydroxylation is 1. The lowest BCUT2D eigenvalue weighted by atomic mass is 9.83. The second kappa shape index (κ2) is 7.96. The summed E-state index contributed by atoms with van der Waals surface area (Å²) in [6, 6.07) is 10.4. The number of likely N-dealkylation sites (tertiary alicyclic amines) is 1. The fourth-order valence-corrected chi connectivity index (χ4v) is 3.80. The maximum Gasteiger partial charge on any atom is 0.410 e. The Morgan fingerprint density at radius 3 is 2.38 bits per heavy atom. The molecule has 4 nitrogen and oxygen atoms in total. The van der Waals surface area contributed by atoms with Crippen molar-refractivity contribution < 1.29 is 19.0 Å². The molecule has 2 aromatic rings. The van der Waals surface area contributed by atoms with Gasteiger partial charge in [0, 0.05) is 13.1 Å². The number of nitrogens with zero attached hydrogens (tertiary/aromatic N) is 1. The average Bonchev–Trinajstić information content (AvgIpc) is 2.63. The number of carbonyl (C=O) groups is 1. The highest BCUT2D eigenvalue weighted by Crippen LogP contribution is 2.36. The van der Waals surface area contributed by atoms with Crippen LogP contribution >= 0.6 is 11.6 Å². The highest BCUT2D eigenvalue weighted by molar-refractivity contribution is 6.31. The van der Waals surface area contributed by atoms with Crippen LogP contribution in [0.25, 0.3) is 11.1 Å². The highest BCUT2D eigenvalue weighted by atomic mass is 35.5. The Labute approximate surface area is 176 Å². The van der Waals surface area contributed by atoms with E-state index in [1.807, 2.05) is 45.9 Å². The lowest BCUT2D eigenvalue weighted by Gasteiger charge is -2.39. The summed E-state index contributed by atoms with van der Waals surface area (Å²) < 4.78 is 18.9. The second-order valence-electron chi connectivity index (χ2n) is 8.66. The van der Waals surface area contributed by atoms with E-state index in [1.54, 1.807) is 17.0 Å². The van der Waals surface area contributed by atoms with E-state index in [2.05, 4.69) is 0 Å². The molecule has 1 aliphatic heterocycles. The Morgan fingerprint density at radius 1 is 1.17 bits per heavy atom. The summed E-state index contributed by atoms with van der Waals surface area (Å²) in [5.74, 6) is -0.448. The number of hydrogen-bond acceptors (Lipinski definition) is 3. The van der Waals surface area contributed by atoms with Crippen LogP contribution < -0.4 is 0 Å². The van der Waals surface area contributed by atoms with E-state index >= 15 is 0 Å². The monoisotopic (exact) mass is 419 g/mol. The molecule has 29 heavy (non-hydrogen) atoms. The quantitative estimate of drug-likeness (QED) is 0.681. The summed E-state index contributed by atoms with van der Waals surface area (Å²) in [6.45, 7) is 8.33. The van der Waals surface area contributed by atoms with Gasteiger partial charge in [-0.05, 0) is 74.9 Å².